The zero-order valence-corrected chi connectivity index (χ0v) is 17.5. The number of nitrogens with zero attached hydrogens (tertiary/aromatic N) is 4. The number of amides is 2. The number of para-hydroxylation sites is 1. The Kier molecular flexibility index (Phi) is 7.34. The quantitative estimate of drug-likeness (QED) is 0.537. The molecule has 1 aromatic heterocycles. The van der Waals surface area contributed by atoms with E-state index in [1.165, 1.54) is 17.9 Å². The Morgan fingerprint density at radius 2 is 1.81 bits per heavy atom. The van der Waals surface area contributed by atoms with Crippen LogP contribution in [0.2, 0.25) is 5.02 Å². The number of ether oxygens (including phenoxy) is 1. The lowest BCUT2D eigenvalue weighted by atomic mass is 10.2. The number of benzene rings is 2. The fourth-order valence-corrected chi connectivity index (χ4v) is 2.79. The van der Waals surface area contributed by atoms with Crippen LogP contribution in [0.25, 0.3) is 0 Å². The van der Waals surface area contributed by atoms with Gasteiger partial charge in [0.15, 0.2) is 12.3 Å². The predicted octanol–water partition coefficient (Wildman–Crippen LogP) is 2.23. The summed E-state index contributed by atoms with van der Waals surface area (Å²) in [5, 5.41) is 10.7. The minimum absolute atomic E-state index is 0.0113. The summed E-state index contributed by atoms with van der Waals surface area (Å²) in [5.74, 6) is -1.75. The first-order valence-corrected chi connectivity index (χ1v) is 9.69. The van der Waals surface area contributed by atoms with Crippen molar-refractivity contribution < 1.29 is 19.1 Å². The molecule has 0 aliphatic rings. The van der Waals surface area contributed by atoms with E-state index in [1.54, 1.807) is 24.3 Å². The minimum atomic E-state index is -0.776. The van der Waals surface area contributed by atoms with Crippen LogP contribution in [0.1, 0.15) is 16.1 Å². The second kappa shape index (κ2) is 10.4. The number of esters is 1. The third-order valence-corrected chi connectivity index (χ3v) is 4.55. The van der Waals surface area contributed by atoms with Gasteiger partial charge in [-0.2, -0.15) is 0 Å². The molecule has 2 aromatic carbocycles. The number of carbonyl (C=O) groups is 3. The zero-order chi connectivity index (χ0) is 22.2. The molecule has 0 saturated carbocycles. The number of halogens is 1. The topological polar surface area (TPSA) is 106 Å². The van der Waals surface area contributed by atoms with Gasteiger partial charge in [0, 0.05) is 7.05 Å². The number of carbonyl (C=O) groups excluding carboxylic acids is 3. The Morgan fingerprint density at radius 3 is 2.55 bits per heavy atom. The van der Waals surface area contributed by atoms with Crippen molar-refractivity contribution in [3.05, 3.63) is 77.1 Å². The van der Waals surface area contributed by atoms with Gasteiger partial charge in [-0.1, -0.05) is 59.3 Å². The molecule has 0 spiro atoms. The highest BCUT2D eigenvalue weighted by Gasteiger charge is 2.18. The number of nitrogens with one attached hydrogen (secondary N) is 1. The predicted molar refractivity (Wildman–Crippen MR) is 114 cm³/mol. The van der Waals surface area contributed by atoms with E-state index in [1.807, 2.05) is 30.3 Å². The molecule has 0 saturated heterocycles. The van der Waals surface area contributed by atoms with E-state index >= 15 is 0 Å². The van der Waals surface area contributed by atoms with Crippen LogP contribution in [0.15, 0.2) is 60.8 Å². The second-order valence-electron chi connectivity index (χ2n) is 6.64. The molecule has 1 heterocycles. The molecule has 0 atom stereocenters. The molecule has 3 aromatic rings. The van der Waals surface area contributed by atoms with Crippen molar-refractivity contribution in [2.45, 2.75) is 6.54 Å². The van der Waals surface area contributed by atoms with Gasteiger partial charge in [-0.15, -0.1) is 5.10 Å². The molecular weight excluding hydrogens is 422 g/mol. The van der Waals surface area contributed by atoms with Gasteiger partial charge in [-0.05, 0) is 17.7 Å². The van der Waals surface area contributed by atoms with Crippen LogP contribution < -0.4 is 5.32 Å². The maximum Gasteiger partial charge on any atom is 0.361 e. The average Bonchev–Trinajstić information content (AvgIpc) is 3.22. The summed E-state index contributed by atoms with van der Waals surface area (Å²) in [6.45, 7) is -0.307. The zero-order valence-electron chi connectivity index (χ0n) is 16.7. The molecule has 2 amide bonds. The molecule has 3 rings (SSSR count). The van der Waals surface area contributed by atoms with E-state index in [0.717, 1.165) is 10.5 Å². The summed E-state index contributed by atoms with van der Waals surface area (Å²) < 4.78 is 6.49. The van der Waals surface area contributed by atoms with Crippen molar-refractivity contribution in [2.75, 3.05) is 25.5 Å². The highest BCUT2D eigenvalue weighted by Crippen LogP contribution is 2.20. The van der Waals surface area contributed by atoms with E-state index in [0.29, 0.717) is 17.3 Å². The monoisotopic (exact) mass is 441 g/mol. The number of likely N-dealkylation sites (N-methyl/N-ethyl adjacent to an activating group) is 1. The maximum absolute atomic E-state index is 12.2. The summed E-state index contributed by atoms with van der Waals surface area (Å²) in [7, 11) is 1.43. The summed E-state index contributed by atoms with van der Waals surface area (Å²) in [6.07, 6.45) is 1.45. The molecule has 0 aliphatic heterocycles. The Morgan fingerprint density at radius 1 is 1.10 bits per heavy atom. The first-order chi connectivity index (χ1) is 14.9. The van der Waals surface area contributed by atoms with Crippen LogP contribution >= 0.6 is 11.6 Å². The Hall–Kier alpha value is -3.72. The highest BCUT2D eigenvalue weighted by atomic mass is 35.5. The van der Waals surface area contributed by atoms with Gasteiger partial charge in [0.25, 0.3) is 5.91 Å². The van der Waals surface area contributed by atoms with Crippen molar-refractivity contribution in [3.8, 4) is 0 Å². The van der Waals surface area contributed by atoms with Crippen molar-refractivity contribution >= 4 is 35.1 Å². The van der Waals surface area contributed by atoms with E-state index < -0.39 is 24.4 Å². The van der Waals surface area contributed by atoms with Crippen LogP contribution in [-0.4, -0.2) is 57.9 Å². The average molecular weight is 442 g/mol. The fraction of sp³-hybridized carbons (Fsp3) is 0.190. The molecule has 0 aliphatic carbocycles. The molecule has 1 N–H and O–H groups in total. The smallest absolute Gasteiger partial charge is 0.361 e. The summed E-state index contributed by atoms with van der Waals surface area (Å²) in [4.78, 5) is 37.6. The fourth-order valence-electron chi connectivity index (χ4n) is 2.61. The third-order valence-electron chi connectivity index (χ3n) is 4.22. The number of hydrogen-bond donors (Lipinski definition) is 1. The van der Waals surface area contributed by atoms with E-state index in [2.05, 4.69) is 15.6 Å². The summed E-state index contributed by atoms with van der Waals surface area (Å²) >= 11 is 5.99. The number of anilines is 1. The second-order valence-corrected chi connectivity index (χ2v) is 7.05. The van der Waals surface area contributed by atoms with Crippen LogP contribution in [0.4, 0.5) is 5.69 Å². The number of aromatic nitrogens is 3. The van der Waals surface area contributed by atoms with Crippen LogP contribution in [0, 0.1) is 0 Å². The molecule has 160 valence electrons. The molecule has 0 fully saturated rings. The minimum Gasteiger partial charge on any atom is -0.451 e. The Balaban J connectivity index is 1.45. The van der Waals surface area contributed by atoms with Gasteiger partial charge in [0.1, 0.15) is 0 Å². The molecule has 0 radical (unpaired) electrons. The maximum atomic E-state index is 12.2. The van der Waals surface area contributed by atoms with Crippen molar-refractivity contribution in [1.29, 1.82) is 0 Å². The summed E-state index contributed by atoms with van der Waals surface area (Å²) in [6, 6.07) is 16.3. The normalized spacial score (nSPS) is 10.4. The molecule has 10 heteroatoms. The molecule has 31 heavy (non-hydrogen) atoms. The lowest BCUT2D eigenvalue weighted by Gasteiger charge is -2.16. The van der Waals surface area contributed by atoms with Crippen molar-refractivity contribution in [1.82, 2.24) is 19.9 Å². The van der Waals surface area contributed by atoms with Gasteiger partial charge < -0.3 is 15.0 Å². The SMILES string of the molecule is CN(CC(=O)Nc1ccccc1Cl)C(=O)COC(=O)c1cn(Cc2ccccc2)nn1. The molecule has 9 nitrogen and oxygen atoms in total. The molecular formula is C21H20ClN5O4. The van der Waals surface area contributed by atoms with Crippen LogP contribution in [0.5, 0.6) is 0 Å². The molecule has 0 unspecified atom stereocenters. The number of rotatable bonds is 8. The van der Waals surface area contributed by atoms with Crippen molar-refractivity contribution in [2.24, 2.45) is 0 Å². The van der Waals surface area contributed by atoms with E-state index in [9.17, 15) is 14.4 Å². The first kappa shape index (κ1) is 22.0. The van der Waals surface area contributed by atoms with Gasteiger partial charge in [-0.3, -0.25) is 9.59 Å². The van der Waals surface area contributed by atoms with Gasteiger partial charge in [0.2, 0.25) is 5.91 Å². The van der Waals surface area contributed by atoms with Crippen LogP contribution in [-0.2, 0) is 20.9 Å². The summed E-state index contributed by atoms with van der Waals surface area (Å²) in [5.41, 5.74) is 1.43. The van der Waals surface area contributed by atoms with Gasteiger partial charge >= 0.3 is 5.97 Å². The van der Waals surface area contributed by atoms with E-state index in [-0.39, 0.29) is 12.2 Å². The van der Waals surface area contributed by atoms with Gasteiger partial charge in [-0.25, -0.2) is 9.48 Å². The lowest BCUT2D eigenvalue weighted by molar-refractivity contribution is -0.136. The molecule has 0 bridgehead atoms. The first-order valence-electron chi connectivity index (χ1n) is 9.32. The van der Waals surface area contributed by atoms with Gasteiger partial charge in [0.05, 0.1) is 30.0 Å². The number of hydrogen-bond acceptors (Lipinski definition) is 6. The standard InChI is InChI=1S/C21H20ClN5O4/c1-26(13-19(28)23-17-10-6-5-9-16(17)22)20(29)14-31-21(30)18-12-27(25-24-18)11-15-7-3-2-4-8-15/h2-10,12H,11,13-14H2,1H3,(H,23,28). The van der Waals surface area contributed by atoms with E-state index in [4.69, 9.17) is 16.3 Å². The van der Waals surface area contributed by atoms with Crippen molar-refractivity contribution in [3.63, 3.8) is 0 Å². The Labute approximate surface area is 183 Å². The lowest BCUT2D eigenvalue weighted by Crippen LogP contribution is -2.37. The largest absolute Gasteiger partial charge is 0.451 e. The third kappa shape index (κ3) is 6.38. The van der Waals surface area contributed by atoms with Crippen LogP contribution in [0.3, 0.4) is 0 Å². The Bertz CT molecular complexity index is 1070. The highest BCUT2D eigenvalue weighted by molar-refractivity contribution is 6.33.